The fourth-order valence-electron chi connectivity index (χ4n) is 3.92. The van der Waals surface area contributed by atoms with E-state index in [1.165, 1.54) is 26.0 Å². The van der Waals surface area contributed by atoms with Crippen LogP contribution in [0.3, 0.4) is 0 Å². The smallest absolute Gasteiger partial charge is 0.419 e. The van der Waals surface area contributed by atoms with Gasteiger partial charge in [0.2, 0.25) is 0 Å². The topological polar surface area (TPSA) is 77.1 Å². The van der Waals surface area contributed by atoms with Crippen molar-refractivity contribution in [1.82, 2.24) is 4.90 Å². The number of likely N-dealkylation sites (tertiary alicyclic amines) is 1. The maximum absolute atomic E-state index is 13.6. The third kappa shape index (κ3) is 6.91. The average molecular weight is 688 g/mol. The van der Waals surface area contributed by atoms with Crippen LogP contribution in [0.4, 0.5) is 18.9 Å². The van der Waals surface area contributed by atoms with E-state index in [1.807, 2.05) is 11.9 Å². The number of ether oxygens (including phenoxy) is 3. The third-order valence-electron chi connectivity index (χ3n) is 5.75. The lowest BCUT2D eigenvalue weighted by molar-refractivity contribution is -0.139. The molecule has 1 aliphatic rings. The fraction of sp³-hybridized carbons (Fsp3) is 0.333. The fourth-order valence-corrected chi connectivity index (χ4v) is 9.89. The van der Waals surface area contributed by atoms with Gasteiger partial charge in [0.1, 0.15) is 21.1 Å². The van der Waals surface area contributed by atoms with Gasteiger partial charge in [-0.05, 0) is 59.7 Å². The summed E-state index contributed by atoms with van der Waals surface area (Å²) in [5.41, 5.74) is -1.07. The number of sulfonamides is 1. The van der Waals surface area contributed by atoms with Gasteiger partial charge in [-0.3, -0.25) is 4.72 Å². The van der Waals surface area contributed by atoms with E-state index in [0.717, 1.165) is 34.4 Å². The van der Waals surface area contributed by atoms with Gasteiger partial charge in [0, 0.05) is 24.1 Å². The van der Waals surface area contributed by atoms with Crippen LogP contribution in [-0.2, 0) is 16.2 Å². The summed E-state index contributed by atoms with van der Waals surface area (Å²) in [6, 6.07) is 8.13. The molecule has 0 spiro atoms. The molecular formula is C24H23BrClF3N2O5S3. The molecular weight excluding hydrogens is 665 g/mol. The van der Waals surface area contributed by atoms with Crippen molar-refractivity contribution in [3.63, 3.8) is 0 Å². The lowest BCUT2D eigenvalue weighted by Gasteiger charge is -2.19. The van der Waals surface area contributed by atoms with Gasteiger partial charge >= 0.3 is 6.18 Å². The van der Waals surface area contributed by atoms with E-state index < -0.39 is 33.6 Å². The predicted octanol–water partition coefficient (Wildman–Crippen LogP) is 7.23. The number of likely N-dealkylation sites (N-methyl/N-ethyl adjacent to an activating group) is 1. The van der Waals surface area contributed by atoms with E-state index in [9.17, 15) is 21.6 Å². The third-order valence-corrected chi connectivity index (χ3v) is 11.6. The van der Waals surface area contributed by atoms with Crippen LogP contribution in [0.15, 0.2) is 54.9 Å². The normalized spacial score (nSPS) is 16.4. The number of rotatable bonds is 9. The van der Waals surface area contributed by atoms with Gasteiger partial charge in [0.05, 0.1) is 34.2 Å². The maximum atomic E-state index is 13.6. The van der Waals surface area contributed by atoms with Gasteiger partial charge < -0.3 is 19.1 Å². The number of hydrogen-bond acceptors (Lipinski definition) is 8. The average Bonchev–Trinajstić information content (AvgIpc) is 3.39. The molecule has 1 fully saturated rings. The lowest BCUT2D eigenvalue weighted by Crippen LogP contribution is -2.23. The highest BCUT2D eigenvalue weighted by molar-refractivity contribution is 9.10. The van der Waals surface area contributed by atoms with Crippen LogP contribution in [0.5, 0.6) is 17.2 Å². The molecule has 0 radical (unpaired) electrons. The Morgan fingerprint density at radius 2 is 1.85 bits per heavy atom. The van der Waals surface area contributed by atoms with E-state index in [1.54, 1.807) is 18.2 Å². The van der Waals surface area contributed by atoms with E-state index in [0.29, 0.717) is 35.2 Å². The zero-order chi connectivity index (χ0) is 28.5. The summed E-state index contributed by atoms with van der Waals surface area (Å²) in [4.78, 5) is 2.46. The summed E-state index contributed by atoms with van der Waals surface area (Å²) in [6.07, 6.45) is -4.56. The van der Waals surface area contributed by atoms with Crippen LogP contribution in [-0.4, -0.2) is 53.8 Å². The number of halogens is 5. The monoisotopic (exact) mass is 686 g/mol. The molecule has 2 aromatic carbocycles. The SMILES string of the molecule is COc1ccc(Sc2sc(Cl)c(S(=O)(=O)Nc3ccc(C(F)(F)F)c(OC4CCN(C)C4)c3)c2Br)cc1OC. The number of hydrogen-bond donors (Lipinski definition) is 1. The molecule has 212 valence electrons. The van der Waals surface area contributed by atoms with Crippen LogP contribution < -0.4 is 18.9 Å². The second-order valence-electron chi connectivity index (χ2n) is 8.53. The van der Waals surface area contributed by atoms with Crippen LogP contribution in [0.25, 0.3) is 0 Å². The van der Waals surface area contributed by atoms with Crippen LogP contribution in [0, 0.1) is 0 Å². The number of nitrogens with zero attached hydrogens (tertiary/aromatic N) is 1. The Hall–Kier alpha value is -1.84. The Labute approximate surface area is 245 Å². The number of alkyl halides is 3. The van der Waals surface area contributed by atoms with Crippen molar-refractivity contribution in [2.75, 3.05) is 39.1 Å². The molecule has 0 saturated carbocycles. The Kier molecular flexibility index (Phi) is 9.23. The zero-order valence-corrected chi connectivity index (χ0v) is 25.6. The molecule has 1 saturated heterocycles. The largest absolute Gasteiger partial charge is 0.493 e. The summed E-state index contributed by atoms with van der Waals surface area (Å²) in [6.45, 7) is 1.15. The zero-order valence-electron chi connectivity index (χ0n) is 20.8. The molecule has 1 N–H and O–H groups in total. The van der Waals surface area contributed by atoms with Crippen LogP contribution in [0.2, 0.25) is 4.34 Å². The van der Waals surface area contributed by atoms with Gasteiger partial charge in [-0.25, -0.2) is 8.42 Å². The molecule has 3 aromatic rings. The van der Waals surface area contributed by atoms with Crippen LogP contribution in [0.1, 0.15) is 12.0 Å². The van der Waals surface area contributed by atoms with E-state index in [2.05, 4.69) is 20.7 Å². The molecule has 39 heavy (non-hydrogen) atoms. The van der Waals surface area contributed by atoms with Gasteiger partial charge in [-0.1, -0.05) is 23.4 Å². The van der Waals surface area contributed by atoms with E-state index in [-0.39, 0.29) is 19.4 Å². The summed E-state index contributed by atoms with van der Waals surface area (Å²) >= 11 is 12.0. The first-order valence-corrected chi connectivity index (χ1v) is 15.6. The summed E-state index contributed by atoms with van der Waals surface area (Å²) in [5.74, 6) is 0.598. The van der Waals surface area contributed by atoms with E-state index >= 15 is 0 Å². The Balaban J connectivity index is 1.61. The highest BCUT2D eigenvalue weighted by Gasteiger charge is 2.36. The number of methoxy groups -OCH3 is 2. The first kappa shape index (κ1) is 30.1. The van der Waals surface area contributed by atoms with Crippen molar-refractivity contribution in [2.45, 2.75) is 32.7 Å². The number of nitrogens with one attached hydrogen (secondary N) is 1. The highest BCUT2D eigenvalue weighted by atomic mass is 79.9. The molecule has 4 rings (SSSR count). The molecule has 15 heteroatoms. The number of benzene rings is 2. The maximum Gasteiger partial charge on any atom is 0.419 e. The first-order chi connectivity index (χ1) is 18.3. The van der Waals surface area contributed by atoms with Crippen molar-refractivity contribution in [2.24, 2.45) is 0 Å². The molecule has 1 atom stereocenters. The molecule has 1 aliphatic heterocycles. The summed E-state index contributed by atoms with van der Waals surface area (Å²) < 4.78 is 86.9. The molecule has 2 heterocycles. The molecule has 1 aromatic heterocycles. The van der Waals surface area contributed by atoms with Crippen molar-refractivity contribution < 1.29 is 35.8 Å². The number of anilines is 1. The second kappa shape index (κ2) is 12.0. The van der Waals surface area contributed by atoms with Crippen LogP contribution >= 0.6 is 50.6 Å². The van der Waals surface area contributed by atoms with Crippen molar-refractivity contribution >= 4 is 66.3 Å². The van der Waals surface area contributed by atoms with Gasteiger partial charge in [-0.2, -0.15) is 13.2 Å². The minimum absolute atomic E-state index is 0.0188. The van der Waals surface area contributed by atoms with E-state index in [4.69, 9.17) is 25.8 Å². The Morgan fingerprint density at radius 3 is 2.46 bits per heavy atom. The first-order valence-electron chi connectivity index (χ1n) is 11.3. The molecule has 0 aliphatic carbocycles. The molecule has 7 nitrogen and oxygen atoms in total. The highest BCUT2D eigenvalue weighted by Crippen LogP contribution is 2.48. The summed E-state index contributed by atoms with van der Waals surface area (Å²) in [5, 5.41) is 0. The lowest BCUT2D eigenvalue weighted by atomic mass is 10.1. The van der Waals surface area contributed by atoms with Gasteiger partial charge in [0.15, 0.2) is 11.5 Å². The van der Waals surface area contributed by atoms with Crippen molar-refractivity contribution in [1.29, 1.82) is 0 Å². The molecule has 0 amide bonds. The van der Waals surface area contributed by atoms with Gasteiger partial charge in [-0.15, -0.1) is 11.3 Å². The minimum atomic E-state index is -4.67. The standard InChI is InChI=1S/C24H23BrClF3N2O5S3/c1-31-9-8-14(12-31)36-18-10-13(4-6-16(18)24(27,28)29)30-39(32,33)21-20(25)23(38-22(21)26)37-15-5-7-17(34-2)19(11-15)35-3/h4-7,10-11,14,30H,8-9,12H2,1-3H3. The number of thiophene rings is 1. The summed E-state index contributed by atoms with van der Waals surface area (Å²) in [7, 11) is 0.576. The molecule has 1 unspecified atom stereocenters. The quantitative estimate of drug-likeness (QED) is 0.254. The Morgan fingerprint density at radius 1 is 1.13 bits per heavy atom. The predicted molar refractivity (Wildman–Crippen MR) is 149 cm³/mol. The van der Waals surface area contributed by atoms with Crippen molar-refractivity contribution in [3.05, 3.63) is 50.8 Å². The second-order valence-corrected chi connectivity index (χ2v) is 13.9. The molecule has 0 bridgehead atoms. The van der Waals surface area contributed by atoms with Gasteiger partial charge in [0.25, 0.3) is 10.0 Å². The Bertz CT molecular complexity index is 1470. The van der Waals surface area contributed by atoms with Crippen molar-refractivity contribution in [3.8, 4) is 17.2 Å². The minimum Gasteiger partial charge on any atom is -0.493 e.